The minimum atomic E-state index is 0.169. The average molecular weight is 343 g/mol. The van der Waals surface area contributed by atoms with E-state index in [2.05, 4.69) is 79.4 Å². The number of benzene rings is 3. The highest BCUT2D eigenvalue weighted by Crippen LogP contribution is 2.39. The number of phenolic OH excluding ortho intramolecular Hbond substituents is 1. The summed E-state index contributed by atoms with van der Waals surface area (Å²) in [5.41, 5.74) is 6.43. The molecule has 0 spiro atoms. The first-order valence-corrected chi connectivity index (χ1v) is 9.37. The van der Waals surface area contributed by atoms with Crippen LogP contribution in [0.5, 0.6) is 5.75 Å². The van der Waals surface area contributed by atoms with E-state index in [1.807, 2.05) is 12.1 Å². The zero-order chi connectivity index (χ0) is 18.1. The van der Waals surface area contributed by atoms with Crippen molar-refractivity contribution in [2.45, 2.75) is 32.2 Å². The normalized spacial score (nSPS) is 16.6. The summed E-state index contributed by atoms with van der Waals surface area (Å²) in [4.78, 5) is 2.48. The molecule has 0 saturated heterocycles. The molecule has 0 saturated carbocycles. The second kappa shape index (κ2) is 6.87. The number of para-hydroxylation sites is 1. The maximum atomic E-state index is 9.91. The van der Waals surface area contributed by atoms with Crippen LogP contribution in [0.15, 0.2) is 72.8 Å². The van der Waals surface area contributed by atoms with E-state index in [1.165, 1.54) is 27.9 Å². The van der Waals surface area contributed by atoms with Crippen molar-refractivity contribution in [1.29, 1.82) is 0 Å². The number of hydrogen-bond donors (Lipinski definition) is 1. The molecular weight excluding hydrogens is 318 g/mol. The second-order valence-electron chi connectivity index (χ2n) is 7.39. The molecule has 0 aromatic heterocycles. The highest BCUT2D eigenvalue weighted by atomic mass is 16.3. The minimum absolute atomic E-state index is 0.169. The lowest BCUT2D eigenvalue weighted by Crippen LogP contribution is -2.36. The van der Waals surface area contributed by atoms with Gasteiger partial charge >= 0.3 is 0 Å². The molecule has 1 aliphatic rings. The van der Waals surface area contributed by atoms with Crippen LogP contribution in [-0.4, -0.2) is 11.7 Å². The fourth-order valence-corrected chi connectivity index (χ4v) is 3.93. The number of hydrogen-bond acceptors (Lipinski definition) is 2. The van der Waals surface area contributed by atoms with Crippen LogP contribution in [0.4, 0.5) is 5.69 Å². The van der Waals surface area contributed by atoms with Crippen molar-refractivity contribution in [2.75, 3.05) is 11.4 Å². The van der Waals surface area contributed by atoms with Gasteiger partial charge in [-0.25, -0.2) is 0 Å². The number of nitrogens with zero attached hydrogens (tertiary/aromatic N) is 1. The third-order valence-electron chi connectivity index (χ3n) is 5.36. The largest absolute Gasteiger partial charge is 0.508 e. The lowest BCUT2D eigenvalue weighted by molar-refractivity contribution is 0.473. The SMILES string of the molecule is CC(C)c1ccc(C2c3ccc(O)cc3CCN2c2ccccc2)cc1. The molecule has 2 nitrogen and oxygen atoms in total. The van der Waals surface area contributed by atoms with Crippen LogP contribution in [0.25, 0.3) is 0 Å². The summed E-state index contributed by atoms with van der Waals surface area (Å²) in [7, 11) is 0. The third kappa shape index (κ3) is 3.08. The Labute approximate surface area is 155 Å². The van der Waals surface area contributed by atoms with Crippen molar-refractivity contribution in [2.24, 2.45) is 0 Å². The molecule has 0 fully saturated rings. The molecule has 4 rings (SSSR count). The monoisotopic (exact) mass is 343 g/mol. The fraction of sp³-hybridized carbons (Fsp3) is 0.250. The van der Waals surface area contributed by atoms with Gasteiger partial charge in [-0.2, -0.15) is 0 Å². The molecule has 1 heterocycles. The Morgan fingerprint density at radius 2 is 1.65 bits per heavy atom. The Hall–Kier alpha value is -2.74. The van der Waals surface area contributed by atoms with Crippen LogP contribution in [0.1, 0.15) is 48.1 Å². The highest BCUT2D eigenvalue weighted by molar-refractivity contribution is 5.56. The summed E-state index contributed by atoms with van der Waals surface area (Å²) < 4.78 is 0. The van der Waals surface area contributed by atoms with Gasteiger partial charge in [0.05, 0.1) is 6.04 Å². The molecule has 0 amide bonds. The van der Waals surface area contributed by atoms with Gasteiger partial charge < -0.3 is 10.0 Å². The smallest absolute Gasteiger partial charge is 0.115 e. The third-order valence-corrected chi connectivity index (χ3v) is 5.36. The molecular formula is C24H25NO. The lowest BCUT2D eigenvalue weighted by Gasteiger charge is -2.39. The summed E-state index contributed by atoms with van der Waals surface area (Å²) in [6, 6.07) is 25.6. The standard InChI is InChI=1S/C24H25NO/c1-17(2)18-8-10-19(11-9-18)24-23-13-12-22(26)16-20(23)14-15-25(24)21-6-4-3-5-7-21/h3-13,16-17,24,26H,14-15H2,1-2H3. The Bertz CT molecular complexity index is 884. The maximum Gasteiger partial charge on any atom is 0.115 e. The molecule has 1 aliphatic heterocycles. The molecule has 3 aromatic rings. The van der Waals surface area contributed by atoms with E-state index in [0.717, 1.165) is 13.0 Å². The molecule has 1 unspecified atom stereocenters. The Balaban J connectivity index is 1.82. The zero-order valence-corrected chi connectivity index (χ0v) is 15.4. The van der Waals surface area contributed by atoms with E-state index in [-0.39, 0.29) is 6.04 Å². The fourth-order valence-electron chi connectivity index (χ4n) is 3.93. The maximum absolute atomic E-state index is 9.91. The van der Waals surface area contributed by atoms with Crippen molar-refractivity contribution in [3.05, 3.63) is 95.1 Å². The van der Waals surface area contributed by atoms with E-state index < -0.39 is 0 Å². The van der Waals surface area contributed by atoms with Crippen LogP contribution >= 0.6 is 0 Å². The first kappa shape index (κ1) is 16.7. The predicted molar refractivity (Wildman–Crippen MR) is 108 cm³/mol. The van der Waals surface area contributed by atoms with Crippen LogP contribution in [0, 0.1) is 0 Å². The lowest BCUT2D eigenvalue weighted by atomic mass is 9.87. The summed E-state index contributed by atoms with van der Waals surface area (Å²) in [6.07, 6.45) is 0.944. The topological polar surface area (TPSA) is 23.5 Å². The highest BCUT2D eigenvalue weighted by Gasteiger charge is 2.29. The van der Waals surface area contributed by atoms with Gasteiger partial charge in [-0.15, -0.1) is 0 Å². The number of rotatable bonds is 3. The molecule has 0 bridgehead atoms. The molecule has 0 radical (unpaired) electrons. The van der Waals surface area contributed by atoms with Crippen LogP contribution in [-0.2, 0) is 6.42 Å². The van der Waals surface area contributed by atoms with E-state index in [0.29, 0.717) is 11.7 Å². The first-order valence-electron chi connectivity index (χ1n) is 9.37. The van der Waals surface area contributed by atoms with Crippen LogP contribution in [0.2, 0.25) is 0 Å². The zero-order valence-electron chi connectivity index (χ0n) is 15.4. The number of phenols is 1. The van der Waals surface area contributed by atoms with Crippen molar-refractivity contribution in [1.82, 2.24) is 0 Å². The molecule has 132 valence electrons. The molecule has 1 N–H and O–H groups in total. The second-order valence-corrected chi connectivity index (χ2v) is 7.39. The van der Waals surface area contributed by atoms with Gasteiger partial charge in [0.15, 0.2) is 0 Å². The predicted octanol–water partition coefficient (Wildman–Crippen LogP) is 5.67. The Kier molecular flexibility index (Phi) is 4.42. The van der Waals surface area contributed by atoms with Crippen molar-refractivity contribution in [3.63, 3.8) is 0 Å². The van der Waals surface area contributed by atoms with E-state index in [1.54, 1.807) is 0 Å². The van der Waals surface area contributed by atoms with Gasteiger partial charge in [-0.05, 0) is 58.9 Å². The van der Waals surface area contributed by atoms with Crippen molar-refractivity contribution < 1.29 is 5.11 Å². The van der Waals surface area contributed by atoms with Crippen LogP contribution < -0.4 is 4.90 Å². The van der Waals surface area contributed by atoms with Gasteiger partial charge in [0.2, 0.25) is 0 Å². The van der Waals surface area contributed by atoms with Gasteiger partial charge in [0, 0.05) is 12.2 Å². The van der Waals surface area contributed by atoms with Crippen molar-refractivity contribution >= 4 is 5.69 Å². The number of aromatic hydroxyl groups is 1. The summed E-state index contributed by atoms with van der Waals surface area (Å²) >= 11 is 0. The molecule has 1 atom stereocenters. The molecule has 2 heteroatoms. The summed E-state index contributed by atoms with van der Waals surface area (Å²) in [5, 5.41) is 9.91. The van der Waals surface area contributed by atoms with Gasteiger partial charge in [-0.3, -0.25) is 0 Å². The molecule has 0 aliphatic carbocycles. The van der Waals surface area contributed by atoms with Gasteiger partial charge in [0.25, 0.3) is 0 Å². The van der Waals surface area contributed by atoms with E-state index in [9.17, 15) is 5.11 Å². The van der Waals surface area contributed by atoms with Crippen LogP contribution in [0.3, 0.4) is 0 Å². The first-order chi connectivity index (χ1) is 12.6. The summed E-state index contributed by atoms with van der Waals surface area (Å²) in [6.45, 7) is 5.39. The number of anilines is 1. The van der Waals surface area contributed by atoms with Gasteiger partial charge in [0.1, 0.15) is 5.75 Å². The Morgan fingerprint density at radius 3 is 2.35 bits per heavy atom. The summed E-state index contributed by atoms with van der Waals surface area (Å²) in [5.74, 6) is 0.885. The molecule has 3 aromatic carbocycles. The van der Waals surface area contributed by atoms with Gasteiger partial charge in [-0.1, -0.05) is 62.4 Å². The van der Waals surface area contributed by atoms with Crippen molar-refractivity contribution in [3.8, 4) is 5.75 Å². The average Bonchev–Trinajstić information content (AvgIpc) is 2.67. The minimum Gasteiger partial charge on any atom is -0.508 e. The van der Waals surface area contributed by atoms with E-state index >= 15 is 0 Å². The molecule has 26 heavy (non-hydrogen) atoms. The Morgan fingerprint density at radius 1 is 0.923 bits per heavy atom. The quantitative estimate of drug-likeness (QED) is 0.662. The number of fused-ring (bicyclic) bond motifs is 1. The van der Waals surface area contributed by atoms with E-state index in [4.69, 9.17) is 0 Å².